The minimum Gasteiger partial charge on any atom is -0.351 e. The molecule has 0 bridgehead atoms. The second-order valence-electron chi connectivity index (χ2n) is 6.22. The summed E-state index contributed by atoms with van der Waals surface area (Å²) >= 11 is 0. The summed E-state index contributed by atoms with van der Waals surface area (Å²) in [6.07, 6.45) is 0.602. The van der Waals surface area contributed by atoms with Gasteiger partial charge in [-0.25, -0.2) is 13.1 Å². The summed E-state index contributed by atoms with van der Waals surface area (Å²) in [5.41, 5.74) is 1.39. The lowest BCUT2D eigenvalue weighted by Crippen LogP contribution is -2.31. The highest BCUT2D eigenvalue weighted by Crippen LogP contribution is 2.12. The number of hydrogen-bond donors (Lipinski definition) is 2. The van der Waals surface area contributed by atoms with Gasteiger partial charge in [0.25, 0.3) is 5.91 Å². The zero-order chi connectivity index (χ0) is 19.0. The second-order valence-corrected chi connectivity index (χ2v) is 7.99. The van der Waals surface area contributed by atoms with Crippen molar-refractivity contribution in [2.75, 3.05) is 33.7 Å². The van der Waals surface area contributed by atoms with Crippen LogP contribution in [0.2, 0.25) is 0 Å². The lowest BCUT2D eigenvalue weighted by atomic mass is 10.2. The first-order chi connectivity index (χ1) is 12.4. The van der Waals surface area contributed by atoms with Crippen LogP contribution in [0.25, 0.3) is 0 Å². The lowest BCUT2D eigenvalue weighted by molar-refractivity contribution is 0.0951. The fraction of sp³-hybridized carbons (Fsp3) is 0.316. The Morgan fingerprint density at radius 2 is 1.73 bits per heavy atom. The molecule has 0 aliphatic heterocycles. The van der Waals surface area contributed by atoms with Crippen LogP contribution in [-0.2, 0) is 16.4 Å². The Morgan fingerprint density at radius 3 is 2.42 bits per heavy atom. The topological polar surface area (TPSA) is 78.5 Å². The van der Waals surface area contributed by atoms with E-state index < -0.39 is 10.0 Å². The summed E-state index contributed by atoms with van der Waals surface area (Å²) in [4.78, 5) is 14.2. The van der Waals surface area contributed by atoms with Gasteiger partial charge in [0.05, 0.1) is 4.90 Å². The molecule has 2 N–H and O–H groups in total. The molecule has 2 aromatic rings. The van der Waals surface area contributed by atoms with E-state index in [-0.39, 0.29) is 10.8 Å². The number of nitrogens with zero attached hydrogens (tertiary/aromatic N) is 1. The predicted octanol–water partition coefficient (Wildman–Crippen LogP) is 1.50. The zero-order valence-corrected chi connectivity index (χ0v) is 15.9. The number of carbonyl (C=O) groups is 1. The second kappa shape index (κ2) is 9.47. The van der Waals surface area contributed by atoms with Crippen molar-refractivity contribution in [1.82, 2.24) is 14.9 Å². The van der Waals surface area contributed by atoms with E-state index in [9.17, 15) is 13.2 Å². The van der Waals surface area contributed by atoms with Crippen LogP contribution in [-0.4, -0.2) is 53.0 Å². The van der Waals surface area contributed by atoms with Gasteiger partial charge in [-0.1, -0.05) is 36.4 Å². The monoisotopic (exact) mass is 375 g/mol. The third-order valence-electron chi connectivity index (χ3n) is 3.80. The first-order valence-corrected chi connectivity index (χ1v) is 9.93. The van der Waals surface area contributed by atoms with Gasteiger partial charge in [0, 0.05) is 25.2 Å². The molecule has 2 aromatic carbocycles. The van der Waals surface area contributed by atoms with Crippen LogP contribution in [0.5, 0.6) is 0 Å². The fourth-order valence-electron chi connectivity index (χ4n) is 2.36. The highest BCUT2D eigenvalue weighted by atomic mass is 32.2. The molecule has 0 saturated carbocycles. The maximum atomic E-state index is 12.5. The maximum Gasteiger partial charge on any atom is 0.251 e. The van der Waals surface area contributed by atoms with E-state index in [1.807, 2.05) is 49.3 Å². The molecule has 6 nitrogen and oxygen atoms in total. The highest BCUT2D eigenvalue weighted by molar-refractivity contribution is 7.89. The Balaban J connectivity index is 1.97. The zero-order valence-electron chi connectivity index (χ0n) is 15.1. The smallest absolute Gasteiger partial charge is 0.251 e. The summed E-state index contributed by atoms with van der Waals surface area (Å²) in [6, 6.07) is 15.7. The number of likely N-dealkylation sites (N-methyl/N-ethyl adjacent to an activating group) is 1. The van der Waals surface area contributed by atoms with Crippen molar-refractivity contribution < 1.29 is 13.2 Å². The third-order valence-corrected chi connectivity index (χ3v) is 5.26. The Bertz CT molecular complexity index is 821. The Morgan fingerprint density at radius 1 is 1.00 bits per heavy atom. The van der Waals surface area contributed by atoms with Crippen molar-refractivity contribution in [1.29, 1.82) is 0 Å². The number of sulfonamides is 1. The highest BCUT2D eigenvalue weighted by Gasteiger charge is 2.15. The molecule has 0 aromatic heterocycles. The number of amides is 1. The van der Waals surface area contributed by atoms with Crippen molar-refractivity contribution in [3.63, 3.8) is 0 Å². The van der Waals surface area contributed by atoms with Gasteiger partial charge in [0.15, 0.2) is 0 Å². The average molecular weight is 375 g/mol. The number of benzene rings is 2. The van der Waals surface area contributed by atoms with Crippen LogP contribution >= 0.6 is 0 Å². The molecule has 0 atom stereocenters. The minimum absolute atomic E-state index is 0.0887. The third kappa shape index (κ3) is 6.25. The molecule has 26 heavy (non-hydrogen) atoms. The van der Waals surface area contributed by atoms with Gasteiger partial charge in [-0.15, -0.1) is 0 Å². The van der Waals surface area contributed by atoms with Crippen LogP contribution in [0.3, 0.4) is 0 Å². The average Bonchev–Trinajstić information content (AvgIpc) is 2.62. The molecule has 0 heterocycles. The predicted molar refractivity (Wildman–Crippen MR) is 103 cm³/mol. The van der Waals surface area contributed by atoms with Crippen molar-refractivity contribution in [2.45, 2.75) is 11.3 Å². The molecule has 2 rings (SSSR count). The normalized spacial score (nSPS) is 11.5. The molecular weight excluding hydrogens is 350 g/mol. The summed E-state index contributed by atoms with van der Waals surface area (Å²) in [5, 5.41) is 2.78. The van der Waals surface area contributed by atoms with E-state index in [4.69, 9.17) is 0 Å². The largest absolute Gasteiger partial charge is 0.351 e. The molecule has 0 spiro atoms. The molecular formula is C19H25N3O3S. The van der Waals surface area contributed by atoms with Crippen LogP contribution in [0, 0.1) is 0 Å². The van der Waals surface area contributed by atoms with Crippen molar-refractivity contribution in [3.05, 3.63) is 65.7 Å². The van der Waals surface area contributed by atoms with E-state index in [0.717, 1.165) is 5.56 Å². The van der Waals surface area contributed by atoms with Gasteiger partial charge in [0.1, 0.15) is 0 Å². The molecule has 0 radical (unpaired) electrons. The number of nitrogens with one attached hydrogen (secondary N) is 2. The fourth-order valence-corrected chi connectivity index (χ4v) is 3.43. The number of hydrogen-bond acceptors (Lipinski definition) is 4. The summed E-state index contributed by atoms with van der Waals surface area (Å²) in [5.74, 6) is -0.284. The summed E-state index contributed by atoms with van der Waals surface area (Å²) < 4.78 is 27.5. The first-order valence-electron chi connectivity index (χ1n) is 8.45. The first kappa shape index (κ1) is 20.1. The Hall–Kier alpha value is -2.22. The quantitative estimate of drug-likeness (QED) is 0.696. The van der Waals surface area contributed by atoms with Gasteiger partial charge in [-0.3, -0.25) is 4.79 Å². The molecule has 140 valence electrons. The van der Waals surface area contributed by atoms with E-state index in [0.29, 0.717) is 31.6 Å². The molecule has 0 saturated heterocycles. The van der Waals surface area contributed by atoms with Gasteiger partial charge in [-0.05, 0) is 44.3 Å². The van der Waals surface area contributed by atoms with E-state index in [1.54, 1.807) is 12.1 Å². The molecule has 0 unspecified atom stereocenters. The van der Waals surface area contributed by atoms with E-state index >= 15 is 0 Å². The summed E-state index contributed by atoms with van der Waals surface area (Å²) in [6.45, 7) is 1.51. The molecule has 0 aliphatic carbocycles. The Kier molecular flexibility index (Phi) is 7.32. The number of carbonyl (C=O) groups excluding carboxylic acids is 1. The SMILES string of the molecule is CN(C)CCNC(=O)c1cccc(S(=O)(=O)NCCc2ccccc2)c1. The molecule has 0 fully saturated rings. The molecule has 1 amide bonds. The van der Waals surface area contributed by atoms with Crippen molar-refractivity contribution in [2.24, 2.45) is 0 Å². The van der Waals surface area contributed by atoms with Crippen LogP contribution in [0.15, 0.2) is 59.5 Å². The van der Waals surface area contributed by atoms with Gasteiger partial charge >= 0.3 is 0 Å². The molecule has 0 aliphatic rings. The van der Waals surface area contributed by atoms with Crippen molar-refractivity contribution in [3.8, 4) is 0 Å². The summed E-state index contributed by atoms with van der Waals surface area (Å²) in [7, 11) is 0.176. The van der Waals surface area contributed by atoms with Crippen LogP contribution in [0.1, 0.15) is 15.9 Å². The molecule has 7 heteroatoms. The van der Waals surface area contributed by atoms with Crippen molar-refractivity contribution >= 4 is 15.9 Å². The van der Waals surface area contributed by atoms with E-state index in [2.05, 4.69) is 10.0 Å². The van der Waals surface area contributed by atoms with Crippen LogP contribution < -0.4 is 10.0 Å². The van der Waals surface area contributed by atoms with Gasteiger partial charge in [0.2, 0.25) is 10.0 Å². The lowest BCUT2D eigenvalue weighted by Gasteiger charge is -2.11. The van der Waals surface area contributed by atoms with Gasteiger partial charge in [-0.2, -0.15) is 0 Å². The number of rotatable bonds is 9. The maximum absolute atomic E-state index is 12.5. The standard InChI is InChI=1S/C19H25N3O3S/c1-22(2)14-13-20-19(23)17-9-6-10-18(15-17)26(24,25)21-12-11-16-7-4-3-5-8-16/h3-10,15,21H,11-14H2,1-2H3,(H,20,23). The minimum atomic E-state index is -3.66. The van der Waals surface area contributed by atoms with Gasteiger partial charge < -0.3 is 10.2 Å². The van der Waals surface area contributed by atoms with E-state index in [1.165, 1.54) is 12.1 Å². The van der Waals surface area contributed by atoms with Crippen LogP contribution in [0.4, 0.5) is 0 Å². The Labute approximate surface area is 155 Å².